The van der Waals surface area contributed by atoms with Gasteiger partial charge in [0.2, 0.25) is 0 Å². The van der Waals surface area contributed by atoms with Gasteiger partial charge in [-0.05, 0) is 0 Å². The lowest BCUT2D eigenvalue weighted by atomic mass is 9.82. The van der Waals surface area contributed by atoms with Crippen LogP contribution >= 0.6 is 0 Å². The fraction of sp³-hybridized carbons (Fsp3) is 1.00. The van der Waals surface area contributed by atoms with Crippen LogP contribution in [-0.4, -0.2) is 31.0 Å². The number of nitrogens with two attached hydrogens (primary N) is 1. The van der Waals surface area contributed by atoms with Crippen molar-refractivity contribution in [2.75, 3.05) is 19.8 Å². The Morgan fingerprint density at radius 3 is 2.44 bits per heavy atom. The maximum atomic E-state index is 9.23. The van der Waals surface area contributed by atoms with Crippen LogP contribution in [-0.2, 0) is 4.74 Å². The summed E-state index contributed by atoms with van der Waals surface area (Å²) in [4.78, 5) is 0. The second kappa shape index (κ2) is 2.25. The van der Waals surface area contributed by atoms with Crippen LogP contribution in [0.1, 0.15) is 6.92 Å². The van der Waals surface area contributed by atoms with E-state index in [1.54, 1.807) is 0 Å². The average Bonchev–Trinajstić information content (AvgIpc) is 1.81. The summed E-state index contributed by atoms with van der Waals surface area (Å²) in [6.07, 6.45) is -0.397. The Morgan fingerprint density at radius 2 is 2.33 bits per heavy atom. The van der Waals surface area contributed by atoms with Gasteiger partial charge in [0.15, 0.2) is 0 Å². The average molecular weight is 131 g/mol. The molecule has 0 saturated carbocycles. The third kappa shape index (κ3) is 1.08. The summed E-state index contributed by atoms with van der Waals surface area (Å²) in [6.45, 7) is 3.60. The van der Waals surface area contributed by atoms with Crippen LogP contribution in [0.5, 0.6) is 0 Å². The normalized spacial score (nSPS) is 27.0. The molecule has 3 heteroatoms. The van der Waals surface area contributed by atoms with E-state index in [-0.39, 0.29) is 5.41 Å². The molecule has 0 spiro atoms. The highest BCUT2D eigenvalue weighted by Gasteiger charge is 2.39. The lowest BCUT2D eigenvalue weighted by Crippen LogP contribution is -2.51. The highest BCUT2D eigenvalue weighted by Crippen LogP contribution is 2.29. The molecule has 0 unspecified atom stereocenters. The first-order chi connectivity index (χ1) is 4.19. The van der Waals surface area contributed by atoms with E-state index in [1.165, 1.54) is 0 Å². The highest BCUT2D eigenvalue weighted by atomic mass is 16.5. The molecule has 0 amide bonds. The van der Waals surface area contributed by atoms with Crippen LogP contribution in [0.3, 0.4) is 0 Å². The summed E-state index contributed by atoms with van der Waals surface area (Å²) in [5.41, 5.74) is 5.20. The van der Waals surface area contributed by atoms with Gasteiger partial charge in [-0.3, -0.25) is 0 Å². The van der Waals surface area contributed by atoms with Crippen LogP contribution in [0.15, 0.2) is 0 Å². The highest BCUT2D eigenvalue weighted by molar-refractivity contribution is 4.88. The van der Waals surface area contributed by atoms with E-state index in [0.29, 0.717) is 19.8 Å². The molecule has 1 aliphatic rings. The molecule has 1 fully saturated rings. The minimum atomic E-state index is -0.397. The van der Waals surface area contributed by atoms with Crippen molar-refractivity contribution in [1.29, 1.82) is 0 Å². The van der Waals surface area contributed by atoms with Crippen molar-refractivity contribution in [3.05, 3.63) is 0 Å². The largest absolute Gasteiger partial charge is 0.391 e. The molecular formula is C6H13NO2. The molecule has 0 aromatic rings. The molecule has 0 bridgehead atoms. The fourth-order valence-electron chi connectivity index (χ4n) is 0.901. The maximum absolute atomic E-state index is 9.23. The molecule has 0 aromatic carbocycles. The quantitative estimate of drug-likeness (QED) is 0.523. The van der Waals surface area contributed by atoms with Gasteiger partial charge >= 0.3 is 0 Å². The molecule has 1 aliphatic heterocycles. The molecule has 3 nitrogen and oxygen atoms in total. The van der Waals surface area contributed by atoms with Gasteiger partial charge in [0.25, 0.3) is 0 Å². The molecule has 1 saturated heterocycles. The monoisotopic (exact) mass is 131 g/mol. The van der Waals surface area contributed by atoms with E-state index < -0.39 is 6.10 Å². The minimum absolute atomic E-state index is 0.0608. The minimum Gasteiger partial charge on any atom is -0.391 e. The van der Waals surface area contributed by atoms with Crippen LogP contribution in [0.2, 0.25) is 0 Å². The molecule has 9 heavy (non-hydrogen) atoms. The number of aliphatic hydroxyl groups excluding tert-OH is 1. The van der Waals surface area contributed by atoms with Gasteiger partial charge in [0.05, 0.1) is 19.3 Å². The molecule has 1 atom stereocenters. The van der Waals surface area contributed by atoms with Gasteiger partial charge in [0, 0.05) is 12.0 Å². The molecule has 54 valence electrons. The van der Waals surface area contributed by atoms with Crippen molar-refractivity contribution in [3.63, 3.8) is 0 Å². The van der Waals surface area contributed by atoms with Gasteiger partial charge in [0.1, 0.15) is 0 Å². The maximum Gasteiger partial charge on any atom is 0.0760 e. The smallest absolute Gasteiger partial charge is 0.0760 e. The third-order valence-corrected chi connectivity index (χ3v) is 1.89. The Balaban J connectivity index is 2.38. The zero-order valence-corrected chi connectivity index (χ0v) is 5.63. The molecule has 0 aromatic heterocycles. The predicted octanol–water partition coefficient (Wildman–Crippen LogP) is -0.658. The van der Waals surface area contributed by atoms with Crippen molar-refractivity contribution >= 4 is 0 Å². The lowest BCUT2D eigenvalue weighted by Gasteiger charge is -2.41. The Labute approximate surface area is 54.8 Å². The summed E-state index contributed by atoms with van der Waals surface area (Å²) < 4.78 is 4.95. The van der Waals surface area contributed by atoms with Crippen molar-refractivity contribution < 1.29 is 9.84 Å². The number of aliphatic hydroxyl groups is 1. The van der Waals surface area contributed by atoms with E-state index in [2.05, 4.69) is 0 Å². The summed E-state index contributed by atoms with van der Waals surface area (Å²) in [5, 5.41) is 9.23. The summed E-state index contributed by atoms with van der Waals surface area (Å²) in [5.74, 6) is 0. The molecule has 3 N–H and O–H groups in total. The van der Waals surface area contributed by atoms with Gasteiger partial charge < -0.3 is 15.6 Å². The van der Waals surface area contributed by atoms with Crippen LogP contribution in [0.25, 0.3) is 0 Å². The van der Waals surface area contributed by atoms with E-state index in [0.717, 1.165) is 0 Å². The standard InChI is InChI=1S/C6H13NO2/c1-6(3-9-4-6)5(8)2-7/h5,8H,2-4,7H2,1H3/t5-/m0/s1. The fourth-order valence-corrected chi connectivity index (χ4v) is 0.901. The SMILES string of the molecule is CC1([C@@H](O)CN)COC1. The second-order valence-electron chi connectivity index (χ2n) is 2.90. The molecule has 0 aliphatic carbocycles. The van der Waals surface area contributed by atoms with Crippen LogP contribution in [0.4, 0.5) is 0 Å². The zero-order valence-electron chi connectivity index (χ0n) is 5.63. The number of hydrogen-bond acceptors (Lipinski definition) is 3. The molecule has 0 radical (unpaired) electrons. The summed E-state index contributed by atoms with van der Waals surface area (Å²) in [7, 11) is 0. The molecular weight excluding hydrogens is 118 g/mol. The van der Waals surface area contributed by atoms with E-state index in [9.17, 15) is 5.11 Å². The third-order valence-electron chi connectivity index (χ3n) is 1.89. The number of hydrogen-bond donors (Lipinski definition) is 2. The van der Waals surface area contributed by atoms with Crippen molar-refractivity contribution in [3.8, 4) is 0 Å². The van der Waals surface area contributed by atoms with Gasteiger partial charge in [-0.2, -0.15) is 0 Å². The van der Waals surface area contributed by atoms with E-state index in [4.69, 9.17) is 10.5 Å². The first kappa shape index (κ1) is 6.99. The van der Waals surface area contributed by atoms with Gasteiger partial charge in [-0.1, -0.05) is 6.92 Å². The summed E-state index contributed by atoms with van der Waals surface area (Å²) in [6, 6.07) is 0. The number of ether oxygens (including phenoxy) is 1. The predicted molar refractivity (Wildman–Crippen MR) is 34.0 cm³/mol. The first-order valence-electron chi connectivity index (χ1n) is 3.15. The molecule has 1 rings (SSSR count). The topological polar surface area (TPSA) is 55.5 Å². The number of rotatable bonds is 2. The Kier molecular flexibility index (Phi) is 1.75. The van der Waals surface area contributed by atoms with Crippen LogP contribution < -0.4 is 5.73 Å². The first-order valence-corrected chi connectivity index (χ1v) is 3.15. The zero-order chi connectivity index (χ0) is 6.91. The van der Waals surface area contributed by atoms with Crippen molar-refractivity contribution in [2.24, 2.45) is 11.1 Å². The lowest BCUT2D eigenvalue weighted by molar-refractivity contribution is -0.157. The van der Waals surface area contributed by atoms with Gasteiger partial charge in [-0.25, -0.2) is 0 Å². The van der Waals surface area contributed by atoms with Crippen molar-refractivity contribution in [1.82, 2.24) is 0 Å². The summed E-state index contributed by atoms with van der Waals surface area (Å²) >= 11 is 0. The van der Waals surface area contributed by atoms with Gasteiger partial charge in [-0.15, -0.1) is 0 Å². The van der Waals surface area contributed by atoms with E-state index >= 15 is 0 Å². The Morgan fingerprint density at radius 1 is 1.78 bits per heavy atom. The van der Waals surface area contributed by atoms with E-state index in [1.807, 2.05) is 6.92 Å². The molecule has 1 heterocycles. The van der Waals surface area contributed by atoms with Crippen molar-refractivity contribution in [2.45, 2.75) is 13.0 Å². The Bertz CT molecular complexity index is 101. The second-order valence-corrected chi connectivity index (χ2v) is 2.90. The van der Waals surface area contributed by atoms with Crippen LogP contribution in [0, 0.1) is 5.41 Å². The Hall–Kier alpha value is -0.120.